The summed E-state index contributed by atoms with van der Waals surface area (Å²) in [6, 6.07) is 15.8. The minimum absolute atomic E-state index is 0.0412. The number of amides is 2. The average molecular weight is 553 g/mol. The Morgan fingerprint density at radius 3 is 2.86 bits per heavy atom. The second-order valence-electron chi connectivity index (χ2n) is 8.93. The van der Waals surface area contributed by atoms with Gasteiger partial charge in [-0.1, -0.05) is 35.5 Å². The van der Waals surface area contributed by atoms with E-state index in [-0.39, 0.29) is 36.8 Å². The molecule has 2 aromatic carbocycles. The fraction of sp³-hybridized carbons (Fsp3) is 0.308. The number of aromatic hydroxyl groups is 1. The van der Waals surface area contributed by atoms with E-state index in [0.717, 1.165) is 22.0 Å². The SMILES string of the molecule is O=C(NCC1CC(Br)=NO1)[C@@H]1C[C@@H](c2cccc(O)c2)CN1C(=O)OCc1cnc2ccccc2c1. The van der Waals surface area contributed by atoms with Gasteiger partial charge in [-0.25, -0.2) is 4.79 Å². The van der Waals surface area contributed by atoms with Crippen molar-refractivity contribution < 1.29 is 24.3 Å². The highest BCUT2D eigenvalue weighted by atomic mass is 79.9. The highest BCUT2D eigenvalue weighted by Crippen LogP contribution is 2.34. The van der Waals surface area contributed by atoms with Gasteiger partial charge in [0.25, 0.3) is 0 Å². The number of nitrogens with one attached hydrogen (secondary N) is 1. The Kier molecular flexibility index (Phi) is 7.04. The van der Waals surface area contributed by atoms with Gasteiger partial charge in [0.1, 0.15) is 23.0 Å². The molecule has 3 atom stereocenters. The second-order valence-corrected chi connectivity index (χ2v) is 9.85. The number of likely N-dealkylation sites (tertiary alicyclic amines) is 1. The Balaban J connectivity index is 1.27. The van der Waals surface area contributed by atoms with Gasteiger partial charge in [0.05, 0.1) is 12.1 Å². The summed E-state index contributed by atoms with van der Waals surface area (Å²) in [6.07, 6.45) is 1.83. The maximum Gasteiger partial charge on any atom is 0.410 e. The predicted octanol–water partition coefficient (Wildman–Crippen LogP) is 4.05. The smallest absolute Gasteiger partial charge is 0.410 e. The summed E-state index contributed by atoms with van der Waals surface area (Å²) in [4.78, 5) is 37.4. The van der Waals surface area contributed by atoms with Gasteiger partial charge >= 0.3 is 6.09 Å². The van der Waals surface area contributed by atoms with Crippen molar-refractivity contribution in [2.24, 2.45) is 5.16 Å². The first-order valence-electron chi connectivity index (χ1n) is 11.7. The molecule has 2 N–H and O–H groups in total. The number of oxime groups is 1. The maximum absolute atomic E-state index is 13.1. The van der Waals surface area contributed by atoms with E-state index in [4.69, 9.17) is 9.57 Å². The van der Waals surface area contributed by atoms with E-state index in [0.29, 0.717) is 24.0 Å². The Hall–Kier alpha value is -3.66. The van der Waals surface area contributed by atoms with Crippen LogP contribution in [0.15, 0.2) is 65.9 Å². The largest absolute Gasteiger partial charge is 0.508 e. The Bertz CT molecular complexity index is 1320. The highest BCUT2D eigenvalue weighted by molar-refractivity contribution is 9.18. The van der Waals surface area contributed by atoms with E-state index in [1.807, 2.05) is 36.4 Å². The van der Waals surface area contributed by atoms with Crippen LogP contribution in [-0.4, -0.2) is 56.8 Å². The maximum atomic E-state index is 13.1. The number of hydrogen-bond acceptors (Lipinski definition) is 7. The molecule has 2 aliphatic rings. The number of phenolic OH excluding ortho intramolecular Hbond substituents is 1. The molecule has 1 unspecified atom stereocenters. The fourth-order valence-electron chi connectivity index (χ4n) is 4.57. The molecule has 2 aliphatic heterocycles. The lowest BCUT2D eigenvalue weighted by Crippen LogP contribution is -2.47. The average Bonchev–Trinajstić information content (AvgIpc) is 3.52. The number of phenols is 1. The number of halogens is 1. The molecule has 10 heteroatoms. The van der Waals surface area contributed by atoms with Crippen molar-refractivity contribution in [1.29, 1.82) is 0 Å². The summed E-state index contributed by atoms with van der Waals surface area (Å²) < 4.78 is 6.30. The lowest BCUT2D eigenvalue weighted by molar-refractivity contribution is -0.125. The van der Waals surface area contributed by atoms with Crippen molar-refractivity contribution in [3.05, 3.63) is 71.9 Å². The molecular formula is C26H25BrN4O5. The molecule has 3 aromatic rings. The lowest BCUT2D eigenvalue weighted by atomic mass is 9.96. The quantitative estimate of drug-likeness (QED) is 0.477. The van der Waals surface area contributed by atoms with Crippen LogP contribution in [0, 0.1) is 0 Å². The van der Waals surface area contributed by atoms with E-state index in [1.54, 1.807) is 24.4 Å². The molecule has 1 fully saturated rings. The van der Waals surface area contributed by atoms with E-state index in [1.165, 1.54) is 4.90 Å². The minimum atomic E-state index is -0.717. The van der Waals surface area contributed by atoms with Crippen LogP contribution in [-0.2, 0) is 21.0 Å². The number of benzene rings is 2. The normalized spacial score (nSPS) is 21.2. The minimum Gasteiger partial charge on any atom is -0.508 e. The number of aromatic nitrogens is 1. The van der Waals surface area contributed by atoms with E-state index in [9.17, 15) is 14.7 Å². The van der Waals surface area contributed by atoms with Crippen LogP contribution in [0.5, 0.6) is 5.75 Å². The van der Waals surface area contributed by atoms with Crippen molar-refractivity contribution >= 4 is 43.5 Å². The van der Waals surface area contributed by atoms with Crippen molar-refractivity contribution in [2.75, 3.05) is 13.1 Å². The van der Waals surface area contributed by atoms with Crippen LogP contribution in [0.3, 0.4) is 0 Å². The molecule has 186 valence electrons. The van der Waals surface area contributed by atoms with Crippen molar-refractivity contribution in [3.8, 4) is 5.75 Å². The standard InChI is InChI=1S/C26H25BrN4O5/c27-24-11-21(36-30-24)13-29-25(33)23-10-19(17-5-3-6-20(32)9-17)14-31(23)26(34)35-15-16-8-18-4-1-2-7-22(18)28-12-16/h1-9,12,19,21,23,32H,10-11,13-15H2,(H,29,33)/t19-,21?,23+/m1/s1. The van der Waals surface area contributed by atoms with E-state index in [2.05, 4.69) is 31.4 Å². The van der Waals surface area contributed by atoms with Gasteiger partial charge in [0, 0.05) is 36.0 Å². The van der Waals surface area contributed by atoms with Crippen LogP contribution < -0.4 is 5.32 Å². The van der Waals surface area contributed by atoms with E-state index >= 15 is 0 Å². The van der Waals surface area contributed by atoms with Gasteiger partial charge in [0.2, 0.25) is 5.91 Å². The number of carbonyl (C=O) groups is 2. The number of para-hydroxylation sites is 1. The molecule has 2 amide bonds. The summed E-state index contributed by atoms with van der Waals surface area (Å²) in [7, 11) is 0. The third-order valence-corrected chi connectivity index (χ3v) is 6.86. The molecule has 5 rings (SSSR count). The fourth-order valence-corrected chi connectivity index (χ4v) is 5.01. The third-order valence-electron chi connectivity index (χ3n) is 6.39. The zero-order valence-corrected chi connectivity index (χ0v) is 20.9. The van der Waals surface area contributed by atoms with Gasteiger partial charge in [0.15, 0.2) is 6.10 Å². The van der Waals surface area contributed by atoms with Crippen molar-refractivity contribution in [3.63, 3.8) is 0 Å². The summed E-state index contributed by atoms with van der Waals surface area (Å²) in [5, 5.41) is 17.6. The summed E-state index contributed by atoms with van der Waals surface area (Å²) in [5.74, 6) is -0.265. The van der Waals surface area contributed by atoms with Crippen LogP contribution in [0.25, 0.3) is 10.9 Å². The first kappa shape index (κ1) is 24.1. The van der Waals surface area contributed by atoms with Gasteiger partial charge < -0.3 is 20.0 Å². The molecular weight excluding hydrogens is 528 g/mol. The first-order valence-corrected chi connectivity index (χ1v) is 12.5. The number of pyridine rings is 1. The van der Waals surface area contributed by atoms with Gasteiger partial charge in [-0.05, 0) is 52.2 Å². The molecule has 9 nitrogen and oxygen atoms in total. The Morgan fingerprint density at radius 2 is 2.06 bits per heavy atom. The number of carbonyl (C=O) groups excluding carboxylic acids is 2. The topological polar surface area (TPSA) is 113 Å². The van der Waals surface area contributed by atoms with Crippen LogP contribution in [0.2, 0.25) is 0 Å². The Labute approximate surface area is 216 Å². The van der Waals surface area contributed by atoms with E-state index < -0.39 is 12.1 Å². The molecule has 1 aromatic heterocycles. The summed E-state index contributed by atoms with van der Waals surface area (Å²) in [5.41, 5.74) is 2.48. The molecule has 0 radical (unpaired) electrons. The van der Waals surface area contributed by atoms with Crippen LogP contribution >= 0.6 is 15.9 Å². The van der Waals surface area contributed by atoms with Gasteiger partial charge in [-0.2, -0.15) is 0 Å². The van der Waals surface area contributed by atoms with Crippen LogP contribution in [0.1, 0.15) is 29.9 Å². The number of nitrogens with zero attached hydrogens (tertiary/aromatic N) is 3. The molecule has 36 heavy (non-hydrogen) atoms. The molecule has 1 saturated heterocycles. The number of fused-ring (bicyclic) bond motifs is 1. The first-order chi connectivity index (χ1) is 17.5. The monoisotopic (exact) mass is 552 g/mol. The van der Waals surface area contributed by atoms with Gasteiger partial charge in [-0.15, -0.1) is 0 Å². The number of ether oxygens (including phenoxy) is 1. The Morgan fingerprint density at radius 1 is 1.19 bits per heavy atom. The van der Waals surface area contributed by atoms with Crippen molar-refractivity contribution in [1.82, 2.24) is 15.2 Å². The third kappa shape index (κ3) is 5.43. The summed E-state index contributed by atoms with van der Waals surface area (Å²) in [6.45, 7) is 0.612. The number of hydrogen-bond donors (Lipinski definition) is 2. The zero-order valence-electron chi connectivity index (χ0n) is 19.3. The molecule has 0 aliphatic carbocycles. The molecule has 0 saturated carbocycles. The molecule has 0 bridgehead atoms. The lowest BCUT2D eigenvalue weighted by Gasteiger charge is -2.23. The summed E-state index contributed by atoms with van der Waals surface area (Å²) >= 11 is 3.29. The predicted molar refractivity (Wildman–Crippen MR) is 137 cm³/mol. The number of rotatable bonds is 6. The molecule has 0 spiro atoms. The second kappa shape index (κ2) is 10.5. The molecule has 3 heterocycles. The van der Waals surface area contributed by atoms with Gasteiger partial charge in [-0.3, -0.25) is 14.7 Å². The van der Waals surface area contributed by atoms with Crippen molar-refractivity contribution in [2.45, 2.75) is 37.5 Å². The van der Waals surface area contributed by atoms with Crippen LogP contribution in [0.4, 0.5) is 4.79 Å². The highest BCUT2D eigenvalue weighted by Gasteiger charge is 2.41. The zero-order chi connectivity index (χ0) is 25.1.